The monoisotopic (exact) mass is 450 g/mol. The van der Waals surface area contributed by atoms with Crippen molar-refractivity contribution < 1.29 is 18.7 Å². The highest BCUT2D eigenvalue weighted by molar-refractivity contribution is 6.46. The van der Waals surface area contributed by atoms with Crippen molar-refractivity contribution in [1.29, 1.82) is 0 Å². The summed E-state index contributed by atoms with van der Waals surface area (Å²) in [5.41, 5.74) is 3.04. The lowest BCUT2D eigenvalue weighted by Crippen LogP contribution is -2.33. The number of rotatable bonds is 5. The number of nitrogens with one attached hydrogen (secondary N) is 1. The Morgan fingerprint density at radius 1 is 0.969 bits per heavy atom. The highest BCUT2D eigenvalue weighted by Crippen LogP contribution is 2.37. The third-order valence-electron chi connectivity index (χ3n) is 5.25. The van der Waals surface area contributed by atoms with Crippen LogP contribution in [0.1, 0.15) is 16.7 Å². The van der Waals surface area contributed by atoms with Crippen molar-refractivity contribution in [2.75, 3.05) is 17.3 Å². The fourth-order valence-corrected chi connectivity index (χ4v) is 3.99. The third kappa shape index (κ3) is 3.74. The van der Waals surface area contributed by atoms with E-state index in [0.29, 0.717) is 22.0 Å². The number of methoxy groups -OCH3 is 1. The van der Waals surface area contributed by atoms with Gasteiger partial charge >= 0.3 is 0 Å². The fourth-order valence-electron chi connectivity index (χ4n) is 3.73. The van der Waals surface area contributed by atoms with Crippen molar-refractivity contribution in [2.24, 2.45) is 0 Å². The number of benzene rings is 3. The van der Waals surface area contributed by atoms with Gasteiger partial charge in [-0.15, -0.1) is 0 Å². The molecule has 0 aliphatic carbocycles. The number of para-hydroxylation sites is 1. The molecular weight excluding hydrogens is 431 g/mol. The summed E-state index contributed by atoms with van der Waals surface area (Å²) in [6.07, 6.45) is 0. The van der Waals surface area contributed by atoms with Crippen LogP contribution in [0, 0.1) is 19.7 Å². The van der Waals surface area contributed by atoms with Crippen molar-refractivity contribution in [3.63, 3.8) is 0 Å². The van der Waals surface area contributed by atoms with Gasteiger partial charge in [0, 0.05) is 5.69 Å². The molecule has 0 atom stereocenters. The Balaban J connectivity index is 1.86. The molecule has 0 aromatic heterocycles. The van der Waals surface area contributed by atoms with Gasteiger partial charge in [-0.05, 0) is 55.3 Å². The van der Waals surface area contributed by atoms with Gasteiger partial charge in [-0.25, -0.2) is 9.29 Å². The summed E-state index contributed by atoms with van der Waals surface area (Å²) in [6, 6.07) is 16.2. The minimum absolute atomic E-state index is 0.0476. The zero-order valence-corrected chi connectivity index (χ0v) is 18.5. The number of ether oxygens (including phenoxy) is 1. The molecule has 1 N–H and O–H groups in total. The average Bonchev–Trinajstić information content (AvgIpc) is 2.98. The van der Waals surface area contributed by atoms with Crippen LogP contribution in [0.2, 0.25) is 5.02 Å². The summed E-state index contributed by atoms with van der Waals surface area (Å²) in [5, 5.41) is 3.37. The molecule has 3 aromatic rings. The zero-order chi connectivity index (χ0) is 23.0. The summed E-state index contributed by atoms with van der Waals surface area (Å²) in [6.45, 7) is 3.80. The van der Waals surface area contributed by atoms with Crippen LogP contribution in [-0.2, 0) is 9.59 Å². The molecule has 0 unspecified atom stereocenters. The molecule has 0 radical (unpaired) electrons. The Hall–Kier alpha value is -3.64. The van der Waals surface area contributed by atoms with Gasteiger partial charge in [0.2, 0.25) is 0 Å². The van der Waals surface area contributed by atoms with E-state index in [4.69, 9.17) is 16.3 Å². The van der Waals surface area contributed by atoms with E-state index in [2.05, 4.69) is 5.32 Å². The van der Waals surface area contributed by atoms with E-state index in [-0.39, 0.29) is 17.0 Å². The Bertz CT molecular complexity index is 1290. The predicted octanol–water partition coefficient (Wildman–Crippen LogP) is 5.50. The lowest BCUT2D eigenvalue weighted by molar-refractivity contribution is -0.120. The van der Waals surface area contributed by atoms with Crippen molar-refractivity contribution in [2.45, 2.75) is 13.8 Å². The molecule has 3 aromatic carbocycles. The van der Waals surface area contributed by atoms with Crippen LogP contribution >= 0.6 is 11.6 Å². The highest BCUT2D eigenvalue weighted by atomic mass is 35.5. The van der Waals surface area contributed by atoms with Crippen LogP contribution in [0.15, 0.2) is 66.4 Å². The smallest absolute Gasteiger partial charge is 0.282 e. The number of imide groups is 1. The summed E-state index contributed by atoms with van der Waals surface area (Å²) in [4.78, 5) is 27.7. The van der Waals surface area contributed by atoms with Crippen LogP contribution in [0.4, 0.5) is 15.8 Å². The molecule has 0 saturated heterocycles. The number of carbonyl (C=O) groups is 2. The molecule has 7 heteroatoms. The van der Waals surface area contributed by atoms with E-state index in [9.17, 15) is 14.0 Å². The maximum absolute atomic E-state index is 14.5. The third-order valence-corrected chi connectivity index (χ3v) is 5.55. The van der Waals surface area contributed by atoms with E-state index in [1.54, 1.807) is 30.3 Å². The summed E-state index contributed by atoms with van der Waals surface area (Å²) in [5.74, 6) is -1.44. The standard InChI is InChI=1S/C25H20ClFN2O3/c1-14-8-10-17(15(2)12-14)22-23(28-16-9-11-21(32-3)18(26)13-16)25(31)29(24(22)30)20-7-5-4-6-19(20)27/h4-13,28H,1-3H3. The molecule has 162 valence electrons. The largest absolute Gasteiger partial charge is 0.495 e. The normalized spacial score (nSPS) is 13.7. The van der Waals surface area contributed by atoms with Gasteiger partial charge in [0.1, 0.15) is 17.3 Å². The minimum atomic E-state index is -0.664. The molecule has 0 saturated carbocycles. The van der Waals surface area contributed by atoms with E-state index < -0.39 is 17.6 Å². The molecule has 5 nitrogen and oxygen atoms in total. The topological polar surface area (TPSA) is 58.6 Å². The molecule has 1 heterocycles. The second-order valence-corrected chi connectivity index (χ2v) is 7.85. The van der Waals surface area contributed by atoms with Crippen molar-refractivity contribution in [1.82, 2.24) is 0 Å². The molecule has 0 bridgehead atoms. The van der Waals surface area contributed by atoms with Crippen LogP contribution in [0.25, 0.3) is 5.57 Å². The first kappa shape index (κ1) is 21.6. The number of hydrogen-bond acceptors (Lipinski definition) is 4. The Morgan fingerprint density at radius 3 is 2.38 bits per heavy atom. The van der Waals surface area contributed by atoms with Crippen molar-refractivity contribution >= 4 is 40.4 Å². The first-order valence-corrected chi connectivity index (χ1v) is 10.3. The number of halogens is 2. The van der Waals surface area contributed by atoms with Gasteiger partial charge in [0.25, 0.3) is 11.8 Å². The van der Waals surface area contributed by atoms with Gasteiger partial charge in [-0.2, -0.15) is 0 Å². The maximum atomic E-state index is 14.5. The Morgan fingerprint density at radius 2 is 1.72 bits per heavy atom. The van der Waals surface area contributed by atoms with Crippen molar-refractivity contribution in [3.05, 3.63) is 93.9 Å². The van der Waals surface area contributed by atoms with Crippen molar-refractivity contribution in [3.8, 4) is 5.75 Å². The Kier molecular flexibility index (Phi) is 5.72. The number of aryl methyl sites for hydroxylation is 2. The number of hydrogen-bond donors (Lipinski definition) is 1. The summed E-state index contributed by atoms with van der Waals surface area (Å²) >= 11 is 6.23. The van der Waals surface area contributed by atoms with E-state index >= 15 is 0 Å². The molecule has 4 rings (SSSR count). The van der Waals surface area contributed by atoms with Gasteiger partial charge in [-0.3, -0.25) is 9.59 Å². The summed E-state index contributed by atoms with van der Waals surface area (Å²) < 4.78 is 19.7. The van der Waals surface area contributed by atoms with Gasteiger partial charge in [-0.1, -0.05) is 47.5 Å². The molecule has 0 fully saturated rings. The highest BCUT2D eigenvalue weighted by Gasteiger charge is 2.41. The average molecular weight is 451 g/mol. The predicted molar refractivity (Wildman–Crippen MR) is 123 cm³/mol. The van der Waals surface area contributed by atoms with Gasteiger partial charge < -0.3 is 10.1 Å². The lowest BCUT2D eigenvalue weighted by atomic mass is 9.97. The van der Waals surface area contributed by atoms with Crippen LogP contribution < -0.4 is 15.0 Å². The first-order chi connectivity index (χ1) is 15.3. The second kappa shape index (κ2) is 8.48. The zero-order valence-electron chi connectivity index (χ0n) is 17.7. The molecule has 1 aliphatic heterocycles. The van der Waals surface area contributed by atoms with Gasteiger partial charge in [0.15, 0.2) is 0 Å². The first-order valence-electron chi connectivity index (χ1n) is 9.87. The number of anilines is 2. The number of amides is 2. The number of nitrogens with zero attached hydrogens (tertiary/aromatic N) is 1. The van der Waals surface area contributed by atoms with Crippen LogP contribution in [-0.4, -0.2) is 18.9 Å². The maximum Gasteiger partial charge on any atom is 0.282 e. The molecule has 0 spiro atoms. The molecule has 2 amide bonds. The number of carbonyl (C=O) groups excluding carboxylic acids is 2. The van der Waals surface area contributed by atoms with Crippen LogP contribution in [0.5, 0.6) is 5.75 Å². The van der Waals surface area contributed by atoms with E-state index in [0.717, 1.165) is 16.0 Å². The van der Waals surface area contributed by atoms with Crippen LogP contribution in [0.3, 0.4) is 0 Å². The minimum Gasteiger partial charge on any atom is -0.495 e. The van der Waals surface area contributed by atoms with E-state index in [1.165, 1.54) is 25.3 Å². The second-order valence-electron chi connectivity index (χ2n) is 7.44. The Labute approximate surface area is 190 Å². The van der Waals surface area contributed by atoms with E-state index in [1.807, 2.05) is 26.0 Å². The molecular formula is C25H20ClFN2O3. The SMILES string of the molecule is COc1ccc(NC2=C(c3ccc(C)cc3C)C(=O)N(c3ccccc3F)C2=O)cc1Cl. The quantitative estimate of drug-likeness (QED) is 0.521. The van der Waals surface area contributed by atoms with Gasteiger partial charge in [0.05, 0.1) is 23.4 Å². The molecule has 1 aliphatic rings. The molecule has 32 heavy (non-hydrogen) atoms. The summed E-state index contributed by atoms with van der Waals surface area (Å²) in [7, 11) is 1.50. The fraction of sp³-hybridized carbons (Fsp3) is 0.120. The lowest BCUT2D eigenvalue weighted by Gasteiger charge is -2.16.